The standard InChI is InChI=1S/C21H26N6OS.CH5N/c1-6-29-26-16-9-7-15(8-10-16)19-17(13-28)20(27(25-19)21(3,4)5)24-18-12-22-11-14(2)23-18;1-2/h7-13,26H,6H2,1-5H3,(H,23,24);2H2,1H3. The highest BCUT2D eigenvalue weighted by Crippen LogP contribution is 2.33. The second kappa shape index (κ2) is 10.9. The first kappa shape index (κ1) is 24.4. The third-order valence-electron chi connectivity index (χ3n) is 4.17. The number of nitrogens with two attached hydrogens (primary N) is 1. The Labute approximate surface area is 188 Å². The maximum atomic E-state index is 12.1. The van der Waals surface area contributed by atoms with Gasteiger partial charge < -0.3 is 15.8 Å². The molecule has 3 aromatic rings. The minimum absolute atomic E-state index is 0.338. The first-order chi connectivity index (χ1) is 14.8. The Bertz CT molecular complexity index is 994. The van der Waals surface area contributed by atoms with Crippen molar-refractivity contribution in [2.24, 2.45) is 5.73 Å². The SMILES string of the molecule is CCSNc1ccc(-c2nn(C(C)(C)C)c(Nc3cncc(C)n3)c2C=O)cc1.CN. The molecule has 9 heteroatoms. The van der Waals surface area contributed by atoms with Crippen molar-refractivity contribution in [2.45, 2.75) is 40.2 Å². The van der Waals surface area contributed by atoms with Crippen LogP contribution in [0, 0.1) is 6.92 Å². The summed E-state index contributed by atoms with van der Waals surface area (Å²) in [6.45, 7) is 10.1. The largest absolute Gasteiger partial charge is 0.333 e. The van der Waals surface area contributed by atoms with E-state index < -0.39 is 0 Å². The Morgan fingerprint density at radius 3 is 2.39 bits per heavy atom. The van der Waals surface area contributed by atoms with E-state index in [0.717, 1.165) is 29.0 Å². The van der Waals surface area contributed by atoms with E-state index in [1.165, 1.54) is 7.05 Å². The van der Waals surface area contributed by atoms with Crippen molar-refractivity contribution in [1.29, 1.82) is 0 Å². The highest BCUT2D eigenvalue weighted by molar-refractivity contribution is 8.00. The Morgan fingerprint density at radius 1 is 1.16 bits per heavy atom. The molecule has 0 bridgehead atoms. The normalized spacial score (nSPS) is 10.8. The quantitative estimate of drug-likeness (QED) is 0.360. The molecule has 0 radical (unpaired) electrons. The van der Waals surface area contributed by atoms with E-state index in [0.29, 0.717) is 22.9 Å². The van der Waals surface area contributed by atoms with Gasteiger partial charge in [-0.3, -0.25) is 9.78 Å². The molecule has 0 spiro atoms. The molecule has 4 N–H and O–H groups in total. The van der Waals surface area contributed by atoms with E-state index in [1.807, 2.05) is 56.6 Å². The van der Waals surface area contributed by atoms with E-state index in [-0.39, 0.29) is 5.54 Å². The molecule has 0 aliphatic rings. The van der Waals surface area contributed by atoms with Crippen molar-refractivity contribution >= 4 is 35.6 Å². The van der Waals surface area contributed by atoms with Crippen LogP contribution in [0.4, 0.5) is 17.3 Å². The summed E-state index contributed by atoms with van der Waals surface area (Å²) in [5.74, 6) is 2.15. The molecule has 0 aliphatic carbocycles. The lowest BCUT2D eigenvalue weighted by atomic mass is 10.1. The fraction of sp³-hybridized carbons (Fsp3) is 0.364. The predicted molar refractivity (Wildman–Crippen MR) is 130 cm³/mol. The molecule has 0 amide bonds. The van der Waals surface area contributed by atoms with Crippen molar-refractivity contribution in [3.05, 3.63) is 47.9 Å². The summed E-state index contributed by atoms with van der Waals surface area (Å²) in [6.07, 6.45) is 4.16. The number of anilines is 3. The molecule has 1 aromatic carbocycles. The second-order valence-electron chi connectivity index (χ2n) is 7.59. The van der Waals surface area contributed by atoms with E-state index in [4.69, 9.17) is 5.10 Å². The number of rotatable bonds is 7. The molecule has 0 unspecified atom stereocenters. The highest BCUT2D eigenvalue weighted by Gasteiger charge is 2.26. The van der Waals surface area contributed by atoms with Gasteiger partial charge >= 0.3 is 0 Å². The molecular weight excluding hydrogens is 410 g/mol. The third-order valence-corrected chi connectivity index (χ3v) is 4.84. The summed E-state index contributed by atoms with van der Waals surface area (Å²) in [5.41, 5.74) is 7.96. The highest BCUT2D eigenvalue weighted by atomic mass is 32.2. The Kier molecular flexibility index (Phi) is 8.58. The molecule has 31 heavy (non-hydrogen) atoms. The fourth-order valence-electron chi connectivity index (χ4n) is 2.86. The van der Waals surface area contributed by atoms with Crippen LogP contribution in [0.15, 0.2) is 36.7 Å². The van der Waals surface area contributed by atoms with Crippen molar-refractivity contribution in [1.82, 2.24) is 19.7 Å². The van der Waals surface area contributed by atoms with Crippen LogP contribution in [0.5, 0.6) is 0 Å². The number of benzene rings is 1. The second-order valence-corrected chi connectivity index (χ2v) is 8.66. The van der Waals surface area contributed by atoms with Crippen LogP contribution < -0.4 is 15.8 Å². The minimum atomic E-state index is -0.338. The number of nitrogens with zero attached hydrogens (tertiary/aromatic N) is 4. The number of aryl methyl sites for hydroxylation is 1. The number of aldehydes is 1. The van der Waals surface area contributed by atoms with Gasteiger partial charge in [0.05, 0.1) is 23.0 Å². The van der Waals surface area contributed by atoms with Gasteiger partial charge in [-0.15, -0.1) is 0 Å². The molecule has 0 aliphatic heterocycles. The van der Waals surface area contributed by atoms with Gasteiger partial charge in [0.25, 0.3) is 0 Å². The van der Waals surface area contributed by atoms with Crippen LogP contribution in [0.1, 0.15) is 43.7 Å². The third kappa shape index (κ3) is 6.05. The molecule has 166 valence electrons. The van der Waals surface area contributed by atoms with Gasteiger partial charge in [0.2, 0.25) is 0 Å². The number of carbonyl (C=O) groups excluding carboxylic acids is 1. The zero-order valence-electron chi connectivity index (χ0n) is 18.9. The zero-order valence-corrected chi connectivity index (χ0v) is 19.7. The molecular formula is C22H31N7OS. The average molecular weight is 442 g/mol. The minimum Gasteiger partial charge on any atom is -0.333 e. The average Bonchev–Trinajstić information content (AvgIpc) is 3.12. The Morgan fingerprint density at radius 2 is 1.84 bits per heavy atom. The van der Waals surface area contributed by atoms with E-state index in [1.54, 1.807) is 24.3 Å². The molecule has 0 fully saturated rings. The number of aromatic nitrogens is 4. The van der Waals surface area contributed by atoms with Crippen LogP contribution in [-0.4, -0.2) is 38.8 Å². The van der Waals surface area contributed by atoms with Gasteiger partial charge in [-0.25, -0.2) is 9.67 Å². The molecule has 8 nitrogen and oxygen atoms in total. The van der Waals surface area contributed by atoms with E-state index >= 15 is 0 Å². The van der Waals surface area contributed by atoms with Crippen LogP contribution >= 0.6 is 11.9 Å². The van der Waals surface area contributed by atoms with Crippen molar-refractivity contribution < 1.29 is 4.79 Å². The lowest BCUT2D eigenvalue weighted by Crippen LogP contribution is -2.25. The molecule has 0 atom stereocenters. The molecule has 0 saturated heterocycles. The van der Waals surface area contributed by atoms with Crippen LogP contribution in [-0.2, 0) is 5.54 Å². The van der Waals surface area contributed by atoms with Gasteiger partial charge in [0, 0.05) is 23.2 Å². The first-order valence-corrected chi connectivity index (χ1v) is 11.0. The zero-order chi connectivity index (χ0) is 23.0. The summed E-state index contributed by atoms with van der Waals surface area (Å²) >= 11 is 1.63. The summed E-state index contributed by atoms with van der Waals surface area (Å²) < 4.78 is 5.10. The predicted octanol–water partition coefficient (Wildman–Crippen LogP) is 4.61. The monoisotopic (exact) mass is 441 g/mol. The van der Waals surface area contributed by atoms with Gasteiger partial charge in [-0.05, 0) is 46.9 Å². The van der Waals surface area contributed by atoms with E-state index in [9.17, 15) is 4.79 Å². The van der Waals surface area contributed by atoms with Gasteiger partial charge in [-0.1, -0.05) is 31.0 Å². The Balaban J connectivity index is 0.00000166. The van der Waals surface area contributed by atoms with Crippen molar-refractivity contribution in [2.75, 3.05) is 22.8 Å². The van der Waals surface area contributed by atoms with Gasteiger partial charge in [0.15, 0.2) is 6.29 Å². The summed E-state index contributed by atoms with van der Waals surface area (Å²) in [4.78, 5) is 20.7. The topological polar surface area (TPSA) is 111 Å². The number of nitrogens with one attached hydrogen (secondary N) is 2. The van der Waals surface area contributed by atoms with Gasteiger partial charge in [-0.2, -0.15) is 5.10 Å². The molecule has 2 aromatic heterocycles. The maximum absolute atomic E-state index is 12.1. The molecule has 3 rings (SSSR count). The van der Waals surface area contributed by atoms with Crippen LogP contribution in [0.2, 0.25) is 0 Å². The Hall–Kier alpha value is -2.91. The molecule has 0 saturated carbocycles. The summed E-state index contributed by atoms with van der Waals surface area (Å²) in [6, 6.07) is 7.91. The van der Waals surface area contributed by atoms with Crippen LogP contribution in [0.25, 0.3) is 11.3 Å². The smallest absolute Gasteiger partial charge is 0.156 e. The number of hydrogen-bond acceptors (Lipinski definition) is 8. The van der Waals surface area contributed by atoms with Gasteiger partial charge in [0.1, 0.15) is 17.3 Å². The fourth-order valence-corrected chi connectivity index (χ4v) is 3.30. The molecule has 2 heterocycles. The summed E-state index contributed by atoms with van der Waals surface area (Å²) in [5, 5.41) is 8.03. The van der Waals surface area contributed by atoms with E-state index in [2.05, 4.69) is 32.7 Å². The van der Waals surface area contributed by atoms with Crippen molar-refractivity contribution in [3.63, 3.8) is 0 Å². The summed E-state index contributed by atoms with van der Waals surface area (Å²) in [7, 11) is 1.50. The number of hydrogen-bond donors (Lipinski definition) is 3. The lowest BCUT2D eigenvalue weighted by molar-refractivity contribution is 0.112. The maximum Gasteiger partial charge on any atom is 0.156 e. The first-order valence-electron chi connectivity index (χ1n) is 10.0. The van der Waals surface area contributed by atoms with Crippen molar-refractivity contribution in [3.8, 4) is 11.3 Å². The lowest BCUT2D eigenvalue weighted by Gasteiger charge is -2.22. The number of carbonyl (C=O) groups is 1. The van der Waals surface area contributed by atoms with Crippen LogP contribution in [0.3, 0.4) is 0 Å².